The number of carbonyl (C=O) groups is 1. The van der Waals surface area contributed by atoms with Crippen LogP contribution < -0.4 is 10.1 Å². The molecule has 1 aliphatic rings. The lowest BCUT2D eigenvalue weighted by Crippen LogP contribution is -2.45. The molecule has 2 aromatic carbocycles. The van der Waals surface area contributed by atoms with Crippen LogP contribution in [0.15, 0.2) is 54.6 Å². The SMILES string of the molecule is [2H]C([2H])([2H])C(OC)([C@H](NC(=O)[C@@H](CO)c1ccccc1)c1ccc(OCC2(C)CCCC2)cc1)C([2H])([2H])[2H]. The van der Waals surface area contributed by atoms with Gasteiger partial charge in [0.05, 0.1) is 30.8 Å². The molecule has 5 heteroatoms. The van der Waals surface area contributed by atoms with Gasteiger partial charge in [0, 0.05) is 20.7 Å². The summed E-state index contributed by atoms with van der Waals surface area (Å²) in [6.07, 6.45) is 4.50. The highest BCUT2D eigenvalue weighted by Crippen LogP contribution is 2.38. The van der Waals surface area contributed by atoms with Crippen LogP contribution in [0.5, 0.6) is 5.75 Å². The molecule has 2 N–H and O–H groups in total. The van der Waals surface area contributed by atoms with Gasteiger partial charge in [-0.3, -0.25) is 4.79 Å². The molecule has 5 nitrogen and oxygen atoms in total. The average Bonchev–Trinajstić information content (AvgIpc) is 3.29. The van der Waals surface area contributed by atoms with Gasteiger partial charge in [-0.05, 0) is 49.8 Å². The van der Waals surface area contributed by atoms with Crippen LogP contribution in [0.4, 0.5) is 0 Å². The fraction of sp³-hybridized carbons (Fsp3) is 0.519. The fourth-order valence-corrected chi connectivity index (χ4v) is 4.19. The van der Waals surface area contributed by atoms with Gasteiger partial charge in [0.1, 0.15) is 5.75 Å². The van der Waals surface area contributed by atoms with Crippen LogP contribution in [0.1, 0.15) is 77.6 Å². The van der Waals surface area contributed by atoms with E-state index in [0.717, 1.165) is 20.0 Å². The average molecular weight is 446 g/mol. The second-order valence-corrected chi connectivity index (χ2v) is 8.90. The molecule has 0 aromatic heterocycles. The summed E-state index contributed by atoms with van der Waals surface area (Å²) >= 11 is 0. The number of carbonyl (C=O) groups excluding carboxylic acids is 1. The molecule has 0 spiro atoms. The standard InChI is InChI=1S/C27H37NO4/c1-26(2,31-4)24(28-25(30)23(18-29)20-10-6-5-7-11-20)21-12-14-22(15-13-21)32-19-27(3)16-8-9-17-27/h5-7,10-15,23-24,29H,8-9,16-19H2,1-4H3,(H,28,30)/t23-,24+/m0/s1/i1D3,2D3. The van der Waals surface area contributed by atoms with Crippen molar-refractivity contribution in [2.24, 2.45) is 5.41 Å². The van der Waals surface area contributed by atoms with Crippen molar-refractivity contribution in [3.8, 4) is 5.75 Å². The number of hydrogen-bond donors (Lipinski definition) is 2. The molecule has 0 radical (unpaired) electrons. The largest absolute Gasteiger partial charge is 0.493 e. The highest BCUT2D eigenvalue weighted by Gasteiger charge is 2.34. The summed E-state index contributed by atoms with van der Waals surface area (Å²) in [5, 5.41) is 12.6. The molecule has 0 aliphatic heterocycles. The minimum absolute atomic E-state index is 0.0969. The Morgan fingerprint density at radius 3 is 2.34 bits per heavy atom. The quantitative estimate of drug-likeness (QED) is 0.540. The predicted octanol–water partition coefficient (Wildman–Crippen LogP) is 5.00. The number of aliphatic hydroxyl groups is 1. The van der Waals surface area contributed by atoms with Gasteiger partial charge >= 0.3 is 0 Å². The third-order valence-electron chi connectivity index (χ3n) is 6.33. The minimum atomic E-state index is -3.15. The second kappa shape index (κ2) is 10.5. The van der Waals surface area contributed by atoms with Crippen LogP contribution in [0.25, 0.3) is 0 Å². The highest BCUT2D eigenvalue weighted by atomic mass is 16.5. The van der Waals surface area contributed by atoms with E-state index < -0.39 is 43.8 Å². The zero-order valence-corrected chi connectivity index (χ0v) is 18.8. The number of amides is 1. The van der Waals surface area contributed by atoms with Crippen molar-refractivity contribution in [1.29, 1.82) is 0 Å². The molecule has 0 unspecified atom stereocenters. The van der Waals surface area contributed by atoms with Crippen LogP contribution in [-0.4, -0.2) is 36.9 Å². The number of nitrogens with one attached hydrogen (secondary N) is 1. The molecule has 1 fully saturated rings. The normalized spacial score (nSPS) is 21.1. The third kappa shape index (κ3) is 5.90. The molecule has 1 amide bonds. The van der Waals surface area contributed by atoms with Gasteiger partial charge in [-0.25, -0.2) is 0 Å². The van der Waals surface area contributed by atoms with Gasteiger partial charge < -0.3 is 19.9 Å². The van der Waals surface area contributed by atoms with Crippen molar-refractivity contribution < 1.29 is 27.6 Å². The molecule has 174 valence electrons. The molecule has 3 rings (SSSR count). The Morgan fingerprint density at radius 1 is 1.12 bits per heavy atom. The van der Waals surface area contributed by atoms with Crippen LogP contribution in [0.3, 0.4) is 0 Å². The monoisotopic (exact) mass is 445 g/mol. The first-order valence-corrected chi connectivity index (χ1v) is 11.0. The maximum absolute atomic E-state index is 13.4. The Morgan fingerprint density at radius 2 is 1.78 bits per heavy atom. The zero-order valence-electron chi connectivity index (χ0n) is 24.8. The zero-order chi connectivity index (χ0) is 28.2. The lowest BCUT2D eigenvalue weighted by Gasteiger charge is -2.35. The van der Waals surface area contributed by atoms with Gasteiger partial charge in [-0.15, -0.1) is 0 Å². The molecule has 1 saturated carbocycles. The first-order valence-electron chi connectivity index (χ1n) is 14.0. The van der Waals surface area contributed by atoms with E-state index in [4.69, 9.17) is 17.7 Å². The van der Waals surface area contributed by atoms with Crippen molar-refractivity contribution in [2.75, 3.05) is 20.3 Å². The molecule has 2 aromatic rings. The summed E-state index contributed by atoms with van der Waals surface area (Å²) in [5.74, 6) is -1.22. The Balaban J connectivity index is 2.00. The number of rotatable bonds is 10. The van der Waals surface area contributed by atoms with Crippen molar-refractivity contribution >= 4 is 5.91 Å². The van der Waals surface area contributed by atoms with Crippen molar-refractivity contribution in [2.45, 2.75) is 63.9 Å². The predicted molar refractivity (Wildman–Crippen MR) is 127 cm³/mol. The minimum Gasteiger partial charge on any atom is -0.493 e. The third-order valence-corrected chi connectivity index (χ3v) is 6.33. The number of aliphatic hydroxyl groups excluding tert-OH is 1. The van der Waals surface area contributed by atoms with Gasteiger partial charge in [0.15, 0.2) is 0 Å². The number of methoxy groups -OCH3 is 1. The lowest BCUT2D eigenvalue weighted by molar-refractivity contribution is -0.126. The molecule has 1 aliphatic carbocycles. The molecular formula is C27H37NO4. The first kappa shape index (κ1) is 17.2. The first-order chi connectivity index (χ1) is 17.8. The number of benzene rings is 2. The maximum atomic E-state index is 13.4. The molecule has 0 bridgehead atoms. The van der Waals surface area contributed by atoms with Crippen molar-refractivity contribution in [1.82, 2.24) is 5.32 Å². The Bertz CT molecular complexity index is 1040. The summed E-state index contributed by atoms with van der Waals surface area (Å²) < 4.78 is 60.4. The van der Waals surface area contributed by atoms with Crippen molar-refractivity contribution in [3.63, 3.8) is 0 Å². The van der Waals surface area contributed by atoms with Crippen LogP contribution in [0.2, 0.25) is 0 Å². The van der Waals surface area contributed by atoms with E-state index in [9.17, 15) is 9.90 Å². The molecule has 2 atom stereocenters. The Kier molecular flexibility index (Phi) is 5.63. The highest BCUT2D eigenvalue weighted by molar-refractivity contribution is 5.84. The van der Waals surface area contributed by atoms with E-state index in [1.54, 1.807) is 54.6 Å². The Labute approximate surface area is 200 Å². The van der Waals surface area contributed by atoms with Crippen LogP contribution in [-0.2, 0) is 9.53 Å². The van der Waals surface area contributed by atoms with Gasteiger partial charge in [-0.1, -0.05) is 62.2 Å². The van der Waals surface area contributed by atoms with E-state index in [1.807, 2.05) is 0 Å². The van der Waals surface area contributed by atoms with E-state index in [0.29, 0.717) is 17.9 Å². The molecule has 0 heterocycles. The van der Waals surface area contributed by atoms with E-state index in [2.05, 4.69) is 12.2 Å². The maximum Gasteiger partial charge on any atom is 0.230 e. The Hall–Kier alpha value is -2.37. The summed E-state index contributed by atoms with van der Waals surface area (Å²) in [4.78, 5) is 13.4. The number of ether oxygens (including phenoxy) is 2. The second-order valence-electron chi connectivity index (χ2n) is 8.90. The van der Waals surface area contributed by atoms with Crippen molar-refractivity contribution in [3.05, 3.63) is 65.7 Å². The summed E-state index contributed by atoms with van der Waals surface area (Å²) in [7, 11) is 1.01. The summed E-state index contributed by atoms with van der Waals surface area (Å²) in [5.41, 5.74) is -1.95. The van der Waals surface area contributed by atoms with Crippen LogP contribution >= 0.6 is 0 Å². The van der Waals surface area contributed by atoms with E-state index >= 15 is 0 Å². The summed E-state index contributed by atoms with van der Waals surface area (Å²) in [6.45, 7) is -4.15. The smallest absolute Gasteiger partial charge is 0.230 e. The van der Waals surface area contributed by atoms with E-state index in [-0.39, 0.29) is 11.0 Å². The molecule has 0 saturated heterocycles. The van der Waals surface area contributed by atoms with Crippen LogP contribution in [0, 0.1) is 5.41 Å². The molecule has 32 heavy (non-hydrogen) atoms. The topological polar surface area (TPSA) is 67.8 Å². The van der Waals surface area contributed by atoms with Gasteiger partial charge in [0.2, 0.25) is 5.91 Å². The van der Waals surface area contributed by atoms with Gasteiger partial charge in [0.25, 0.3) is 0 Å². The fourth-order valence-electron chi connectivity index (χ4n) is 4.19. The van der Waals surface area contributed by atoms with Gasteiger partial charge in [-0.2, -0.15) is 0 Å². The summed E-state index contributed by atoms with van der Waals surface area (Å²) in [6, 6.07) is 13.2. The lowest BCUT2D eigenvalue weighted by atomic mass is 9.89. The van der Waals surface area contributed by atoms with E-state index in [1.165, 1.54) is 12.8 Å². The molecular weight excluding hydrogens is 402 g/mol. The number of hydrogen-bond acceptors (Lipinski definition) is 4.